The SMILES string of the molecule is CCOC(=O)c1c(C)oc2nc(COC(=O)c3ccc(S(=O)(=O)NC4CC4)cc3)nc(N)c12. The number of anilines is 1. The lowest BCUT2D eigenvalue weighted by atomic mass is 10.2. The number of nitrogens with one attached hydrogen (secondary N) is 1. The first kappa shape index (κ1) is 22.7. The number of aromatic nitrogens is 2. The van der Waals surface area contributed by atoms with Crippen LogP contribution < -0.4 is 10.5 Å². The van der Waals surface area contributed by atoms with Gasteiger partial charge in [0.1, 0.15) is 17.1 Å². The molecule has 12 heteroatoms. The molecule has 0 atom stereocenters. The lowest BCUT2D eigenvalue weighted by Crippen LogP contribution is -2.25. The smallest absolute Gasteiger partial charge is 0.342 e. The molecule has 3 N–H and O–H groups in total. The molecule has 2 heterocycles. The van der Waals surface area contributed by atoms with E-state index in [2.05, 4.69) is 14.7 Å². The number of carbonyl (C=O) groups excluding carboxylic acids is 2. The molecule has 4 rings (SSSR count). The minimum atomic E-state index is -3.61. The van der Waals surface area contributed by atoms with Gasteiger partial charge >= 0.3 is 11.9 Å². The van der Waals surface area contributed by atoms with E-state index in [1.54, 1.807) is 13.8 Å². The summed E-state index contributed by atoms with van der Waals surface area (Å²) >= 11 is 0. The Balaban J connectivity index is 1.47. The zero-order valence-corrected chi connectivity index (χ0v) is 18.8. The Kier molecular flexibility index (Phi) is 6.04. The normalized spacial score (nSPS) is 13.8. The molecule has 174 valence electrons. The quantitative estimate of drug-likeness (QED) is 0.462. The maximum Gasteiger partial charge on any atom is 0.342 e. The van der Waals surface area contributed by atoms with Gasteiger partial charge in [-0.3, -0.25) is 0 Å². The molecular formula is C21H22N4O7S. The van der Waals surface area contributed by atoms with E-state index in [-0.39, 0.29) is 63.8 Å². The van der Waals surface area contributed by atoms with Gasteiger partial charge in [-0.15, -0.1) is 0 Å². The van der Waals surface area contributed by atoms with Gasteiger partial charge in [-0.25, -0.2) is 27.7 Å². The van der Waals surface area contributed by atoms with Crippen molar-refractivity contribution in [3.63, 3.8) is 0 Å². The first-order chi connectivity index (χ1) is 15.7. The monoisotopic (exact) mass is 474 g/mol. The molecule has 1 fully saturated rings. The van der Waals surface area contributed by atoms with Crippen LogP contribution in [0.2, 0.25) is 0 Å². The lowest BCUT2D eigenvalue weighted by Gasteiger charge is -2.07. The molecule has 0 radical (unpaired) electrons. The molecule has 0 spiro atoms. The number of hydrogen-bond acceptors (Lipinski definition) is 10. The van der Waals surface area contributed by atoms with Crippen molar-refractivity contribution in [2.75, 3.05) is 12.3 Å². The van der Waals surface area contributed by atoms with E-state index < -0.39 is 22.0 Å². The standard InChI is InChI=1S/C21H22N4O7S/c1-3-30-21(27)16-11(2)32-19-17(16)18(22)23-15(24-19)10-31-20(26)12-4-8-14(9-5-12)33(28,29)25-13-6-7-13/h4-5,8-9,13,25H,3,6-7,10H2,1-2H3,(H2,22,23,24). The number of esters is 2. The highest BCUT2D eigenvalue weighted by Gasteiger charge is 2.28. The van der Waals surface area contributed by atoms with Crippen molar-refractivity contribution in [1.29, 1.82) is 0 Å². The van der Waals surface area contributed by atoms with Crippen LogP contribution in [-0.4, -0.2) is 43.0 Å². The summed E-state index contributed by atoms with van der Waals surface area (Å²) in [6, 6.07) is 5.39. The van der Waals surface area contributed by atoms with Crippen molar-refractivity contribution >= 4 is 38.9 Å². The fraction of sp³-hybridized carbons (Fsp3) is 0.333. The van der Waals surface area contributed by atoms with Crippen LogP contribution in [0.5, 0.6) is 0 Å². The Morgan fingerprint density at radius 2 is 1.85 bits per heavy atom. The van der Waals surface area contributed by atoms with Crippen LogP contribution >= 0.6 is 0 Å². The summed E-state index contributed by atoms with van der Waals surface area (Å²) in [7, 11) is -3.61. The van der Waals surface area contributed by atoms with E-state index in [1.807, 2.05) is 0 Å². The zero-order valence-electron chi connectivity index (χ0n) is 18.0. The van der Waals surface area contributed by atoms with E-state index in [4.69, 9.17) is 19.6 Å². The predicted molar refractivity (Wildman–Crippen MR) is 116 cm³/mol. The fourth-order valence-electron chi connectivity index (χ4n) is 3.17. The first-order valence-electron chi connectivity index (χ1n) is 10.2. The van der Waals surface area contributed by atoms with Crippen molar-refractivity contribution in [2.24, 2.45) is 0 Å². The fourth-order valence-corrected chi connectivity index (χ4v) is 4.47. The van der Waals surface area contributed by atoms with Gasteiger partial charge < -0.3 is 19.6 Å². The van der Waals surface area contributed by atoms with E-state index in [0.717, 1.165) is 12.8 Å². The van der Waals surface area contributed by atoms with Crippen LogP contribution in [0.3, 0.4) is 0 Å². The minimum Gasteiger partial charge on any atom is -0.462 e. The number of aryl methyl sites for hydroxylation is 1. The number of carbonyl (C=O) groups is 2. The van der Waals surface area contributed by atoms with Crippen LogP contribution in [0.1, 0.15) is 52.1 Å². The Bertz CT molecular complexity index is 1330. The molecule has 1 aliphatic carbocycles. The molecule has 0 saturated heterocycles. The number of nitrogens with zero attached hydrogens (tertiary/aromatic N) is 2. The van der Waals surface area contributed by atoms with Gasteiger partial charge in [0.15, 0.2) is 12.4 Å². The second-order valence-electron chi connectivity index (χ2n) is 7.46. The largest absolute Gasteiger partial charge is 0.462 e. The Morgan fingerprint density at radius 1 is 1.15 bits per heavy atom. The zero-order chi connectivity index (χ0) is 23.8. The number of nitrogen functional groups attached to an aromatic ring is 1. The van der Waals surface area contributed by atoms with E-state index in [1.165, 1.54) is 24.3 Å². The van der Waals surface area contributed by atoms with Crippen molar-refractivity contribution in [3.05, 3.63) is 47.0 Å². The van der Waals surface area contributed by atoms with Gasteiger partial charge in [-0.1, -0.05) is 0 Å². The van der Waals surface area contributed by atoms with Crippen LogP contribution in [0.15, 0.2) is 33.6 Å². The molecule has 0 amide bonds. The second kappa shape index (κ2) is 8.79. The van der Waals surface area contributed by atoms with Crippen LogP contribution in [0, 0.1) is 6.92 Å². The maximum atomic E-state index is 12.4. The number of nitrogens with two attached hydrogens (primary N) is 1. The van der Waals surface area contributed by atoms with Crippen molar-refractivity contribution in [3.8, 4) is 0 Å². The molecule has 0 bridgehead atoms. The third-order valence-corrected chi connectivity index (χ3v) is 6.45. The maximum absolute atomic E-state index is 12.4. The summed E-state index contributed by atoms with van der Waals surface area (Å²) in [6.07, 6.45) is 1.65. The number of furan rings is 1. The molecule has 3 aromatic rings. The van der Waals surface area contributed by atoms with Gasteiger partial charge in [0.2, 0.25) is 15.7 Å². The number of fused-ring (bicyclic) bond motifs is 1. The van der Waals surface area contributed by atoms with Crippen LogP contribution in [0.4, 0.5) is 5.82 Å². The number of benzene rings is 1. The summed E-state index contributed by atoms with van der Waals surface area (Å²) in [5.41, 5.74) is 6.38. The van der Waals surface area contributed by atoms with Crippen LogP contribution in [-0.2, 0) is 26.1 Å². The van der Waals surface area contributed by atoms with E-state index in [0.29, 0.717) is 0 Å². The van der Waals surface area contributed by atoms with Gasteiger partial charge in [0.25, 0.3) is 0 Å². The molecule has 1 aromatic carbocycles. The second-order valence-corrected chi connectivity index (χ2v) is 9.17. The number of ether oxygens (including phenoxy) is 2. The summed E-state index contributed by atoms with van der Waals surface area (Å²) in [5, 5.41) is 0.234. The van der Waals surface area contributed by atoms with Gasteiger partial charge in [0.05, 0.1) is 22.5 Å². The van der Waals surface area contributed by atoms with Gasteiger partial charge in [-0.05, 0) is 51.0 Å². The highest BCUT2D eigenvalue weighted by molar-refractivity contribution is 7.89. The summed E-state index contributed by atoms with van der Waals surface area (Å²) in [5.74, 6) is -0.945. The molecule has 11 nitrogen and oxygen atoms in total. The third-order valence-electron chi connectivity index (χ3n) is 4.91. The predicted octanol–water partition coefficient (Wildman–Crippen LogP) is 2.09. The van der Waals surface area contributed by atoms with Gasteiger partial charge in [-0.2, -0.15) is 4.98 Å². The topological polar surface area (TPSA) is 164 Å². The molecule has 2 aromatic heterocycles. The van der Waals surface area contributed by atoms with Crippen LogP contribution in [0.25, 0.3) is 11.1 Å². The van der Waals surface area contributed by atoms with E-state index >= 15 is 0 Å². The highest BCUT2D eigenvalue weighted by Crippen LogP contribution is 2.29. The average Bonchev–Trinajstić information content (AvgIpc) is 3.50. The molecule has 33 heavy (non-hydrogen) atoms. The van der Waals surface area contributed by atoms with Gasteiger partial charge in [0, 0.05) is 6.04 Å². The minimum absolute atomic E-state index is 0.0105. The first-order valence-corrected chi connectivity index (χ1v) is 11.7. The summed E-state index contributed by atoms with van der Waals surface area (Å²) < 4.78 is 42.8. The summed E-state index contributed by atoms with van der Waals surface area (Å²) in [6.45, 7) is 3.14. The molecule has 1 aliphatic rings. The summed E-state index contributed by atoms with van der Waals surface area (Å²) in [4.78, 5) is 32.9. The Hall–Kier alpha value is -3.51. The molecular weight excluding hydrogens is 452 g/mol. The van der Waals surface area contributed by atoms with Crippen molar-refractivity contribution in [2.45, 2.75) is 44.2 Å². The Labute approximate surface area is 189 Å². The Morgan fingerprint density at radius 3 is 2.48 bits per heavy atom. The average molecular weight is 474 g/mol. The highest BCUT2D eigenvalue weighted by atomic mass is 32.2. The van der Waals surface area contributed by atoms with E-state index in [9.17, 15) is 18.0 Å². The number of sulfonamides is 1. The lowest BCUT2D eigenvalue weighted by molar-refractivity contribution is 0.0461. The number of rotatable bonds is 8. The van der Waals surface area contributed by atoms with Crippen molar-refractivity contribution < 1.29 is 31.9 Å². The molecule has 0 unspecified atom stereocenters. The third kappa shape index (κ3) is 4.81. The molecule has 0 aliphatic heterocycles. The van der Waals surface area contributed by atoms with Crippen molar-refractivity contribution in [1.82, 2.24) is 14.7 Å². The number of hydrogen-bond donors (Lipinski definition) is 2. The molecule has 1 saturated carbocycles.